The van der Waals surface area contributed by atoms with Gasteiger partial charge in [0.1, 0.15) is 0 Å². The van der Waals surface area contributed by atoms with Gasteiger partial charge in [0.05, 0.1) is 13.2 Å². The standard InChI is InChI=1S/C12H22N4O2.HI/c1-13-10(17)7-15-11(14-2)16-5-3-12(8-16)4-6-18-9-12;/h3-9H2,1-2H3,(H,13,17)(H,14,15);1H. The summed E-state index contributed by atoms with van der Waals surface area (Å²) in [6.45, 7) is 3.95. The predicted octanol–water partition coefficient (Wildman–Crippen LogP) is 0.0382. The van der Waals surface area contributed by atoms with Crippen LogP contribution < -0.4 is 10.6 Å². The summed E-state index contributed by atoms with van der Waals surface area (Å²) in [7, 11) is 3.38. The van der Waals surface area contributed by atoms with Gasteiger partial charge >= 0.3 is 0 Å². The van der Waals surface area contributed by atoms with Crippen molar-refractivity contribution >= 4 is 35.8 Å². The van der Waals surface area contributed by atoms with Crippen molar-refractivity contribution < 1.29 is 9.53 Å². The summed E-state index contributed by atoms with van der Waals surface area (Å²) >= 11 is 0. The number of halogens is 1. The van der Waals surface area contributed by atoms with Crippen molar-refractivity contribution in [3.63, 3.8) is 0 Å². The quantitative estimate of drug-likeness (QED) is 0.402. The number of rotatable bonds is 2. The van der Waals surface area contributed by atoms with E-state index < -0.39 is 0 Å². The van der Waals surface area contributed by atoms with Gasteiger partial charge in [-0.2, -0.15) is 0 Å². The van der Waals surface area contributed by atoms with Crippen molar-refractivity contribution in [3.8, 4) is 0 Å². The molecule has 2 fully saturated rings. The molecule has 0 bridgehead atoms. The minimum atomic E-state index is -0.0331. The van der Waals surface area contributed by atoms with Crippen molar-refractivity contribution in [2.24, 2.45) is 10.4 Å². The molecule has 2 aliphatic rings. The normalized spacial score (nSPS) is 26.4. The first-order chi connectivity index (χ1) is 8.69. The molecule has 0 saturated carbocycles. The fourth-order valence-corrected chi connectivity index (χ4v) is 2.67. The van der Waals surface area contributed by atoms with E-state index in [1.54, 1.807) is 14.1 Å². The summed E-state index contributed by atoms with van der Waals surface area (Å²) in [5, 5.41) is 5.68. The Labute approximate surface area is 131 Å². The summed E-state index contributed by atoms with van der Waals surface area (Å²) in [5.41, 5.74) is 0.310. The summed E-state index contributed by atoms with van der Waals surface area (Å²) in [4.78, 5) is 17.7. The lowest BCUT2D eigenvalue weighted by molar-refractivity contribution is -0.119. The van der Waals surface area contributed by atoms with E-state index in [1.165, 1.54) is 0 Å². The smallest absolute Gasteiger partial charge is 0.239 e. The zero-order valence-corrected chi connectivity index (χ0v) is 13.9. The lowest BCUT2D eigenvalue weighted by atomic mass is 9.87. The Kier molecular flexibility index (Phi) is 6.31. The van der Waals surface area contributed by atoms with Crippen LogP contribution in [0.2, 0.25) is 0 Å². The van der Waals surface area contributed by atoms with Crippen molar-refractivity contribution in [3.05, 3.63) is 0 Å². The van der Waals surface area contributed by atoms with Gasteiger partial charge in [-0.25, -0.2) is 0 Å². The fraction of sp³-hybridized carbons (Fsp3) is 0.833. The van der Waals surface area contributed by atoms with E-state index in [0.29, 0.717) is 5.41 Å². The molecular formula is C12H23IN4O2. The van der Waals surface area contributed by atoms with Crippen LogP contribution in [-0.4, -0.2) is 63.7 Å². The second-order valence-electron chi connectivity index (χ2n) is 5.05. The molecule has 0 aliphatic carbocycles. The summed E-state index contributed by atoms with van der Waals surface area (Å²) in [6.07, 6.45) is 2.28. The van der Waals surface area contributed by atoms with Crippen LogP contribution in [0.1, 0.15) is 12.8 Å². The SMILES string of the molecule is CN=C(NCC(=O)NC)N1CCC2(CCOC2)C1.I. The average molecular weight is 382 g/mol. The number of likely N-dealkylation sites (tertiary alicyclic amines) is 1. The van der Waals surface area contributed by atoms with Crippen LogP contribution in [0, 0.1) is 5.41 Å². The molecule has 0 radical (unpaired) electrons. The average Bonchev–Trinajstić information content (AvgIpc) is 3.01. The molecule has 2 N–H and O–H groups in total. The Morgan fingerprint density at radius 3 is 2.84 bits per heavy atom. The van der Waals surface area contributed by atoms with Gasteiger partial charge in [-0.05, 0) is 12.8 Å². The first kappa shape index (κ1) is 16.5. The number of guanidine groups is 1. The molecule has 0 aromatic heterocycles. The van der Waals surface area contributed by atoms with E-state index >= 15 is 0 Å². The third kappa shape index (κ3) is 3.95. The number of carbonyl (C=O) groups excluding carboxylic acids is 1. The number of aliphatic imine (C=N–C) groups is 1. The number of nitrogens with zero attached hydrogens (tertiary/aromatic N) is 2. The number of hydrogen-bond acceptors (Lipinski definition) is 3. The molecule has 2 aliphatic heterocycles. The van der Waals surface area contributed by atoms with Gasteiger partial charge < -0.3 is 20.3 Å². The number of amides is 1. The van der Waals surface area contributed by atoms with Gasteiger partial charge in [0, 0.05) is 39.2 Å². The molecule has 110 valence electrons. The summed E-state index contributed by atoms with van der Waals surface area (Å²) in [5.74, 6) is 0.775. The van der Waals surface area contributed by atoms with E-state index in [1.807, 2.05) is 0 Å². The van der Waals surface area contributed by atoms with Crippen LogP contribution in [0.4, 0.5) is 0 Å². The maximum Gasteiger partial charge on any atom is 0.239 e. The monoisotopic (exact) mass is 382 g/mol. The highest BCUT2D eigenvalue weighted by molar-refractivity contribution is 14.0. The van der Waals surface area contributed by atoms with E-state index in [-0.39, 0.29) is 36.4 Å². The maximum atomic E-state index is 11.2. The van der Waals surface area contributed by atoms with Crippen LogP contribution in [0.3, 0.4) is 0 Å². The van der Waals surface area contributed by atoms with Crippen LogP contribution in [0.5, 0.6) is 0 Å². The molecule has 0 aromatic rings. The second kappa shape index (κ2) is 7.28. The van der Waals surface area contributed by atoms with Crippen LogP contribution in [0.15, 0.2) is 4.99 Å². The van der Waals surface area contributed by atoms with E-state index in [4.69, 9.17) is 4.74 Å². The molecule has 0 aromatic carbocycles. The van der Waals surface area contributed by atoms with E-state index in [2.05, 4.69) is 20.5 Å². The number of nitrogens with one attached hydrogen (secondary N) is 2. The third-order valence-electron chi connectivity index (χ3n) is 3.82. The van der Waals surface area contributed by atoms with Crippen molar-refractivity contribution in [2.45, 2.75) is 12.8 Å². The summed E-state index contributed by atoms with van der Waals surface area (Å²) < 4.78 is 5.51. The van der Waals surface area contributed by atoms with Crippen molar-refractivity contribution in [1.29, 1.82) is 0 Å². The van der Waals surface area contributed by atoms with Crippen LogP contribution in [0.25, 0.3) is 0 Å². The lowest BCUT2D eigenvalue weighted by Gasteiger charge is -2.24. The maximum absolute atomic E-state index is 11.2. The molecule has 19 heavy (non-hydrogen) atoms. The fourth-order valence-electron chi connectivity index (χ4n) is 2.67. The Morgan fingerprint density at radius 1 is 1.47 bits per heavy atom. The topological polar surface area (TPSA) is 66.0 Å². The van der Waals surface area contributed by atoms with Crippen molar-refractivity contribution in [1.82, 2.24) is 15.5 Å². The molecule has 1 unspecified atom stereocenters. The first-order valence-electron chi connectivity index (χ1n) is 6.43. The van der Waals surface area contributed by atoms with Crippen LogP contribution in [-0.2, 0) is 9.53 Å². The third-order valence-corrected chi connectivity index (χ3v) is 3.82. The Morgan fingerprint density at radius 2 is 2.26 bits per heavy atom. The molecule has 2 rings (SSSR count). The minimum absolute atomic E-state index is 0. The Balaban J connectivity index is 0.00000180. The molecule has 6 nitrogen and oxygen atoms in total. The molecule has 2 saturated heterocycles. The molecule has 1 amide bonds. The highest BCUT2D eigenvalue weighted by Crippen LogP contribution is 2.37. The summed E-state index contributed by atoms with van der Waals surface area (Å²) in [6, 6.07) is 0. The number of likely N-dealkylation sites (N-methyl/N-ethyl adjacent to an activating group) is 1. The predicted molar refractivity (Wildman–Crippen MR) is 84.9 cm³/mol. The molecule has 2 heterocycles. The van der Waals surface area contributed by atoms with Crippen molar-refractivity contribution in [2.75, 3.05) is 46.9 Å². The Hall–Kier alpha value is -0.570. The second-order valence-corrected chi connectivity index (χ2v) is 5.05. The number of ether oxygens (including phenoxy) is 1. The van der Waals surface area contributed by atoms with Gasteiger partial charge in [0.2, 0.25) is 5.91 Å². The van der Waals surface area contributed by atoms with Gasteiger partial charge in [0.25, 0.3) is 0 Å². The first-order valence-corrected chi connectivity index (χ1v) is 6.43. The zero-order valence-electron chi connectivity index (χ0n) is 11.6. The lowest BCUT2D eigenvalue weighted by Crippen LogP contribution is -2.44. The van der Waals surface area contributed by atoms with Gasteiger partial charge in [-0.3, -0.25) is 9.79 Å². The van der Waals surface area contributed by atoms with Crippen LogP contribution >= 0.6 is 24.0 Å². The molecule has 7 heteroatoms. The Bertz CT molecular complexity index is 343. The van der Waals surface area contributed by atoms with E-state index in [9.17, 15) is 4.79 Å². The molecule has 1 spiro atoms. The zero-order chi connectivity index (χ0) is 13.0. The molecular weight excluding hydrogens is 359 g/mol. The number of carbonyl (C=O) groups is 1. The minimum Gasteiger partial charge on any atom is -0.381 e. The van der Waals surface area contributed by atoms with Gasteiger partial charge in [0.15, 0.2) is 5.96 Å². The van der Waals surface area contributed by atoms with E-state index in [0.717, 1.165) is 45.1 Å². The van der Waals surface area contributed by atoms with Gasteiger partial charge in [-0.1, -0.05) is 0 Å². The highest BCUT2D eigenvalue weighted by Gasteiger charge is 2.42. The largest absolute Gasteiger partial charge is 0.381 e. The van der Waals surface area contributed by atoms with Gasteiger partial charge in [-0.15, -0.1) is 24.0 Å². The highest BCUT2D eigenvalue weighted by atomic mass is 127. The number of hydrogen-bond donors (Lipinski definition) is 2. The molecule has 1 atom stereocenters.